The quantitative estimate of drug-likeness (QED) is 0.275. The lowest BCUT2D eigenvalue weighted by Gasteiger charge is -2.33. The van der Waals surface area contributed by atoms with Crippen LogP contribution in [0.5, 0.6) is 0 Å². The highest BCUT2D eigenvalue weighted by Gasteiger charge is 2.34. The van der Waals surface area contributed by atoms with Crippen molar-refractivity contribution in [3.05, 3.63) is 96.8 Å². The van der Waals surface area contributed by atoms with Crippen LogP contribution in [0.2, 0.25) is 0 Å². The second kappa shape index (κ2) is 11.1. The summed E-state index contributed by atoms with van der Waals surface area (Å²) in [5, 5.41) is 30.1. The molecule has 0 spiro atoms. The van der Waals surface area contributed by atoms with Gasteiger partial charge in [0, 0.05) is 28.3 Å². The number of hydrogen-bond donors (Lipinski definition) is 1. The van der Waals surface area contributed by atoms with Crippen LogP contribution in [0.3, 0.4) is 0 Å². The van der Waals surface area contributed by atoms with Crippen LogP contribution in [-0.4, -0.2) is 43.4 Å². The molecule has 0 fully saturated rings. The van der Waals surface area contributed by atoms with Crippen molar-refractivity contribution in [1.29, 1.82) is 0 Å². The highest BCUT2D eigenvalue weighted by molar-refractivity contribution is 14.1. The lowest BCUT2D eigenvalue weighted by Crippen LogP contribution is -2.43. The minimum Gasteiger partial charge on any atom is -0.382 e. The zero-order valence-corrected chi connectivity index (χ0v) is 18.5. The van der Waals surface area contributed by atoms with Gasteiger partial charge in [-0.25, -0.2) is 18.4 Å². The van der Waals surface area contributed by atoms with Crippen LogP contribution >= 0.6 is 22.6 Å². The standard InChI is InChI=1S/C19H19F2IN4O.NO3/c1-25(9-14-2-5-16(22)6-3-14)10-19(27,11-26-13-23-12-24-26)17-7-4-15(20)8-18(17)21;2-1(3)4/h2-8,12-13,27H,9-11H2,1H3;/q;-1/t19-;/m1./s1. The van der Waals surface area contributed by atoms with Gasteiger partial charge in [-0.15, -0.1) is 0 Å². The van der Waals surface area contributed by atoms with E-state index < -0.39 is 22.3 Å². The van der Waals surface area contributed by atoms with Crippen LogP contribution in [-0.2, 0) is 18.7 Å². The molecule has 0 aliphatic heterocycles. The molecule has 9 nitrogen and oxygen atoms in total. The number of rotatable bonds is 7. The van der Waals surface area contributed by atoms with E-state index in [1.807, 2.05) is 36.2 Å². The molecule has 31 heavy (non-hydrogen) atoms. The molecule has 1 atom stereocenters. The van der Waals surface area contributed by atoms with Gasteiger partial charge in [0.1, 0.15) is 29.9 Å². The van der Waals surface area contributed by atoms with Crippen molar-refractivity contribution < 1.29 is 19.0 Å². The first kappa shape index (κ1) is 24.6. The Morgan fingerprint density at radius 1 is 1.23 bits per heavy atom. The number of aromatic nitrogens is 3. The third-order valence-electron chi connectivity index (χ3n) is 4.22. The van der Waals surface area contributed by atoms with Crippen molar-refractivity contribution >= 4 is 22.6 Å². The Kier molecular flexibility index (Phi) is 8.76. The fraction of sp³-hybridized carbons (Fsp3) is 0.263. The second-order valence-corrected chi connectivity index (χ2v) is 8.02. The first-order chi connectivity index (χ1) is 14.6. The molecule has 0 saturated heterocycles. The van der Waals surface area contributed by atoms with E-state index in [9.17, 15) is 13.9 Å². The molecule has 0 aliphatic rings. The fourth-order valence-corrected chi connectivity index (χ4v) is 3.43. The fourth-order valence-electron chi connectivity index (χ4n) is 3.07. The van der Waals surface area contributed by atoms with E-state index in [-0.39, 0.29) is 18.7 Å². The van der Waals surface area contributed by atoms with E-state index in [1.165, 1.54) is 23.4 Å². The zero-order valence-electron chi connectivity index (χ0n) is 16.4. The molecule has 0 unspecified atom stereocenters. The predicted molar refractivity (Wildman–Crippen MR) is 116 cm³/mol. The van der Waals surface area contributed by atoms with Crippen LogP contribution in [0.25, 0.3) is 0 Å². The number of hydrogen-bond acceptors (Lipinski definition) is 7. The largest absolute Gasteiger partial charge is 0.382 e. The van der Waals surface area contributed by atoms with E-state index in [0.29, 0.717) is 6.54 Å². The molecule has 1 heterocycles. The van der Waals surface area contributed by atoms with Crippen molar-refractivity contribution in [2.75, 3.05) is 13.6 Å². The Labute approximate surface area is 190 Å². The highest BCUT2D eigenvalue weighted by Crippen LogP contribution is 2.28. The topological polar surface area (TPSA) is 120 Å². The van der Waals surface area contributed by atoms with Gasteiger partial charge in [-0.2, -0.15) is 5.10 Å². The maximum atomic E-state index is 14.4. The number of likely N-dealkylation sites (N-methyl/N-ethyl adjacent to an activating group) is 1. The van der Waals surface area contributed by atoms with Gasteiger partial charge in [-0.3, -0.25) is 4.90 Å². The average molecular weight is 546 g/mol. The highest BCUT2D eigenvalue weighted by atomic mass is 127. The molecular weight excluding hydrogens is 527 g/mol. The molecule has 0 aliphatic carbocycles. The molecule has 166 valence electrons. The minimum absolute atomic E-state index is 0.00736. The van der Waals surface area contributed by atoms with Crippen LogP contribution in [0.4, 0.5) is 8.78 Å². The van der Waals surface area contributed by atoms with Gasteiger partial charge in [0.25, 0.3) is 0 Å². The summed E-state index contributed by atoms with van der Waals surface area (Å²) < 4.78 is 30.3. The number of aliphatic hydroxyl groups is 1. The van der Waals surface area contributed by atoms with Crippen LogP contribution in [0.1, 0.15) is 11.1 Å². The van der Waals surface area contributed by atoms with Crippen molar-refractivity contribution in [1.82, 2.24) is 19.7 Å². The normalized spacial score (nSPS) is 12.7. The third-order valence-corrected chi connectivity index (χ3v) is 4.94. The van der Waals surface area contributed by atoms with Gasteiger partial charge in [-0.05, 0) is 53.4 Å². The molecule has 12 heteroatoms. The van der Waals surface area contributed by atoms with Gasteiger partial charge in [0.05, 0.1) is 11.6 Å². The first-order valence-electron chi connectivity index (χ1n) is 8.84. The van der Waals surface area contributed by atoms with E-state index in [1.54, 1.807) is 0 Å². The second-order valence-electron chi connectivity index (χ2n) is 6.77. The lowest BCUT2D eigenvalue weighted by molar-refractivity contribution is -0.402. The number of nitrogens with zero attached hydrogens (tertiary/aromatic N) is 5. The zero-order chi connectivity index (χ0) is 23.0. The SMILES string of the molecule is CN(Cc1ccc(I)cc1)C[C@@](O)(Cn1cncn1)c1ccc(F)cc1F.O=[N+]([O-])[O-]. The van der Waals surface area contributed by atoms with Crippen molar-refractivity contribution in [2.45, 2.75) is 18.7 Å². The maximum Gasteiger partial charge on any atom is 0.137 e. The summed E-state index contributed by atoms with van der Waals surface area (Å²) in [6.45, 7) is 0.688. The van der Waals surface area contributed by atoms with Crippen molar-refractivity contribution in [2.24, 2.45) is 0 Å². The number of benzene rings is 2. The molecular formula is C19H19F2IN5O4-. The van der Waals surface area contributed by atoms with Gasteiger partial charge in [0.2, 0.25) is 0 Å². The maximum absolute atomic E-state index is 14.4. The van der Waals surface area contributed by atoms with E-state index >= 15 is 0 Å². The van der Waals surface area contributed by atoms with Crippen molar-refractivity contribution in [3.63, 3.8) is 0 Å². The molecule has 1 aromatic heterocycles. The Hall–Kier alpha value is -2.71. The summed E-state index contributed by atoms with van der Waals surface area (Å²) in [4.78, 5) is 14.0. The third kappa shape index (κ3) is 7.80. The minimum atomic E-state index is -1.75. The van der Waals surface area contributed by atoms with Crippen molar-refractivity contribution in [3.8, 4) is 0 Å². The van der Waals surface area contributed by atoms with E-state index in [0.717, 1.165) is 21.3 Å². The molecule has 3 rings (SSSR count). The van der Waals surface area contributed by atoms with Gasteiger partial charge in [0.15, 0.2) is 0 Å². The Morgan fingerprint density at radius 2 is 1.87 bits per heavy atom. The average Bonchev–Trinajstić information content (AvgIpc) is 3.15. The molecule has 1 N–H and O–H groups in total. The van der Waals surface area contributed by atoms with Gasteiger partial charge < -0.3 is 20.4 Å². The van der Waals surface area contributed by atoms with E-state index in [2.05, 4.69) is 32.7 Å². The number of halogens is 3. The molecule has 0 radical (unpaired) electrons. The Morgan fingerprint density at radius 3 is 2.42 bits per heavy atom. The summed E-state index contributed by atoms with van der Waals surface area (Å²) in [7, 11) is 1.84. The summed E-state index contributed by atoms with van der Waals surface area (Å²) in [5.41, 5.74) is -0.516. The van der Waals surface area contributed by atoms with Gasteiger partial charge in [-0.1, -0.05) is 18.2 Å². The van der Waals surface area contributed by atoms with Crippen LogP contribution in [0, 0.1) is 30.5 Å². The monoisotopic (exact) mass is 546 g/mol. The first-order valence-corrected chi connectivity index (χ1v) is 9.92. The summed E-state index contributed by atoms with van der Waals surface area (Å²) in [6, 6.07) is 11.2. The van der Waals surface area contributed by atoms with Crippen LogP contribution in [0.15, 0.2) is 55.1 Å². The summed E-state index contributed by atoms with van der Waals surface area (Å²) >= 11 is 2.24. The molecule has 2 aromatic carbocycles. The molecule has 0 saturated carbocycles. The molecule has 0 bridgehead atoms. The smallest absolute Gasteiger partial charge is 0.137 e. The Bertz CT molecular complexity index is 987. The summed E-state index contributed by atoms with van der Waals surface area (Å²) in [6.07, 6.45) is 2.79. The lowest BCUT2D eigenvalue weighted by atomic mass is 9.92. The van der Waals surface area contributed by atoms with Gasteiger partial charge >= 0.3 is 0 Å². The van der Waals surface area contributed by atoms with Crippen LogP contribution < -0.4 is 0 Å². The Balaban J connectivity index is 0.000000785. The predicted octanol–water partition coefficient (Wildman–Crippen LogP) is 2.94. The molecule has 0 amide bonds. The summed E-state index contributed by atoms with van der Waals surface area (Å²) in [5.74, 6) is -1.48. The van der Waals surface area contributed by atoms with E-state index in [4.69, 9.17) is 15.3 Å². The molecule has 3 aromatic rings.